The molecule has 0 aromatic heterocycles. The molecule has 1 aliphatic rings. The fourth-order valence-electron chi connectivity index (χ4n) is 2.88. The molecule has 2 rings (SSSR count). The Labute approximate surface area is 150 Å². The third-order valence-electron chi connectivity index (χ3n) is 4.08. The van der Waals surface area contributed by atoms with E-state index in [1.807, 2.05) is 13.0 Å². The second kappa shape index (κ2) is 10.7. The van der Waals surface area contributed by atoms with Crippen molar-refractivity contribution >= 4 is 36.4 Å². The average Bonchev–Trinajstić information content (AvgIpc) is 2.47. The van der Waals surface area contributed by atoms with Gasteiger partial charge >= 0.3 is 0 Å². The van der Waals surface area contributed by atoms with Crippen LogP contribution in [0.4, 0.5) is 4.39 Å². The highest BCUT2D eigenvalue weighted by Gasteiger charge is 2.26. The van der Waals surface area contributed by atoms with Crippen LogP contribution in [-0.2, 0) is 0 Å². The van der Waals surface area contributed by atoms with Crippen LogP contribution in [0, 0.1) is 12.7 Å². The van der Waals surface area contributed by atoms with Crippen LogP contribution in [0.25, 0.3) is 0 Å². The van der Waals surface area contributed by atoms with Gasteiger partial charge in [-0.3, -0.25) is 4.90 Å². The third kappa shape index (κ3) is 5.24. The smallest absolute Gasteiger partial charge is 0.132 e. The number of unbranched alkanes of at least 4 members (excludes halogenated alkanes) is 1. The lowest BCUT2D eigenvalue weighted by Gasteiger charge is -2.36. The molecule has 1 fully saturated rings. The van der Waals surface area contributed by atoms with Gasteiger partial charge < -0.3 is 5.32 Å². The summed E-state index contributed by atoms with van der Waals surface area (Å²) in [6.07, 6.45) is 3.18. The molecule has 0 radical (unpaired) electrons. The molecule has 1 heterocycles. The van der Waals surface area contributed by atoms with Gasteiger partial charge in [0.15, 0.2) is 0 Å². The number of halogens is 4. The second-order valence-corrected chi connectivity index (χ2v) is 5.94. The maximum Gasteiger partial charge on any atom is 0.132 e. The van der Waals surface area contributed by atoms with Gasteiger partial charge in [0.05, 0.1) is 0 Å². The molecular formula is C16H26Cl3FN2. The molecule has 6 heteroatoms. The molecule has 0 saturated carbocycles. The van der Waals surface area contributed by atoms with Crippen LogP contribution in [-0.4, -0.2) is 31.1 Å². The molecule has 128 valence electrons. The Kier molecular flexibility index (Phi) is 10.6. The van der Waals surface area contributed by atoms with Gasteiger partial charge in [-0.25, -0.2) is 4.39 Å². The lowest BCUT2D eigenvalue weighted by atomic mass is 9.96. The normalized spacial score (nSPS) is 16.5. The standard InChI is InChI=1S/C16H24ClFN2.2ClH/c1-3-4-5-14(20-10-8-19-9-11-20)15-13(17)7-6-12(2)16(15)18;;/h6-7,14,19H,3-5,8-11H2,1-2H3;2*1H/t14-;;/m1../s1. The van der Waals surface area contributed by atoms with Crippen LogP contribution in [0.5, 0.6) is 0 Å². The first kappa shape index (κ1) is 21.9. The zero-order valence-corrected chi connectivity index (χ0v) is 15.6. The molecule has 0 bridgehead atoms. The summed E-state index contributed by atoms with van der Waals surface area (Å²) in [7, 11) is 0. The Morgan fingerprint density at radius 1 is 1.27 bits per heavy atom. The summed E-state index contributed by atoms with van der Waals surface area (Å²) in [5, 5.41) is 3.91. The fraction of sp³-hybridized carbons (Fsp3) is 0.625. The van der Waals surface area contributed by atoms with Gasteiger partial charge in [-0.2, -0.15) is 0 Å². The Morgan fingerprint density at radius 3 is 2.50 bits per heavy atom. The van der Waals surface area contributed by atoms with E-state index < -0.39 is 0 Å². The van der Waals surface area contributed by atoms with Crippen molar-refractivity contribution in [3.05, 3.63) is 34.1 Å². The van der Waals surface area contributed by atoms with Gasteiger partial charge in [0.25, 0.3) is 0 Å². The van der Waals surface area contributed by atoms with Crippen LogP contribution in [0.3, 0.4) is 0 Å². The molecule has 0 amide bonds. The molecule has 1 atom stereocenters. The Balaban J connectivity index is 0.00000220. The van der Waals surface area contributed by atoms with E-state index in [0.717, 1.165) is 45.4 Å². The van der Waals surface area contributed by atoms with Gasteiger partial charge in [-0.1, -0.05) is 37.4 Å². The van der Waals surface area contributed by atoms with Gasteiger partial charge in [0, 0.05) is 42.8 Å². The summed E-state index contributed by atoms with van der Waals surface area (Å²) < 4.78 is 14.6. The quantitative estimate of drug-likeness (QED) is 0.802. The van der Waals surface area contributed by atoms with Crippen molar-refractivity contribution in [1.29, 1.82) is 0 Å². The maximum atomic E-state index is 14.6. The summed E-state index contributed by atoms with van der Waals surface area (Å²) in [5.41, 5.74) is 1.38. The van der Waals surface area contributed by atoms with E-state index in [9.17, 15) is 4.39 Å². The highest BCUT2D eigenvalue weighted by Crippen LogP contribution is 2.35. The van der Waals surface area contributed by atoms with Crippen molar-refractivity contribution in [2.75, 3.05) is 26.2 Å². The number of nitrogens with zero attached hydrogens (tertiary/aromatic N) is 1. The largest absolute Gasteiger partial charge is 0.314 e. The Hall–Kier alpha value is -0.0600. The van der Waals surface area contributed by atoms with Crippen molar-refractivity contribution in [2.45, 2.75) is 39.2 Å². The molecule has 0 unspecified atom stereocenters. The Bertz CT molecular complexity index is 451. The summed E-state index contributed by atoms with van der Waals surface area (Å²) >= 11 is 6.31. The van der Waals surface area contributed by atoms with E-state index in [2.05, 4.69) is 17.1 Å². The van der Waals surface area contributed by atoms with Crippen LogP contribution < -0.4 is 5.32 Å². The van der Waals surface area contributed by atoms with E-state index in [1.54, 1.807) is 6.07 Å². The number of hydrogen-bond acceptors (Lipinski definition) is 2. The first-order valence-electron chi connectivity index (χ1n) is 7.54. The lowest BCUT2D eigenvalue weighted by Crippen LogP contribution is -2.45. The molecule has 2 nitrogen and oxygen atoms in total. The first-order chi connectivity index (χ1) is 9.65. The van der Waals surface area contributed by atoms with Crippen molar-refractivity contribution in [1.82, 2.24) is 10.2 Å². The fourth-order valence-corrected chi connectivity index (χ4v) is 3.16. The van der Waals surface area contributed by atoms with Gasteiger partial charge in [-0.15, -0.1) is 24.8 Å². The number of nitrogens with one attached hydrogen (secondary N) is 1. The first-order valence-corrected chi connectivity index (χ1v) is 7.92. The molecule has 0 spiro atoms. The lowest BCUT2D eigenvalue weighted by molar-refractivity contribution is 0.160. The third-order valence-corrected chi connectivity index (χ3v) is 4.41. The van der Waals surface area contributed by atoms with E-state index >= 15 is 0 Å². The second-order valence-electron chi connectivity index (χ2n) is 5.54. The van der Waals surface area contributed by atoms with Gasteiger partial charge in [0.2, 0.25) is 0 Å². The maximum absolute atomic E-state index is 14.6. The molecule has 22 heavy (non-hydrogen) atoms. The van der Waals surface area contributed by atoms with E-state index in [-0.39, 0.29) is 36.7 Å². The zero-order valence-electron chi connectivity index (χ0n) is 13.2. The minimum atomic E-state index is -0.128. The predicted molar refractivity (Wildman–Crippen MR) is 97.4 cm³/mol. The number of benzene rings is 1. The molecule has 1 N–H and O–H groups in total. The summed E-state index contributed by atoms with van der Waals surface area (Å²) in [6.45, 7) is 7.82. The molecule has 0 aliphatic carbocycles. The summed E-state index contributed by atoms with van der Waals surface area (Å²) in [6, 6.07) is 3.69. The van der Waals surface area contributed by atoms with Crippen LogP contribution in [0.1, 0.15) is 43.4 Å². The van der Waals surface area contributed by atoms with E-state index in [0.29, 0.717) is 16.1 Å². The van der Waals surface area contributed by atoms with Crippen molar-refractivity contribution < 1.29 is 4.39 Å². The summed E-state index contributed by atoms with van der Waals surface area (Å²) in [5.74, 6) is -0.128. The van der Waals surface area contributed by atoms with Crippen LogP contribution >= 0.6 is 36.4 Å². The van der Waals surface area contributed by atoms with Gasteiger partial charge in [-0.05, 0) is 25.0 Å². The highest BCUT2D eigenvalue weighted by molar-refractivity contribution is 6.31. The van der Waals surface area contributed by atoms with E-state index in [4.69, 9.17) is 11.6 Å². The minimum Gasteiger partial charge on any atom is -0.314 e. The molecule has 1 aliphatic heterocycles. The number of aryl methyl sites for hydroxylation is 1. The number of hydrogen-bond donors (Lipinski definition) is 1. The average molecular weight is 372 g/mol. The van der Waals surface area contributed by atoms with Crippen LogP contribution in [0.2, 0.25) is 5.02 Å². The van der Waals surface area contributed by atoms with Crippen LogP contribution in [0.15, 0.2) is 12.1 Å². The number of piperazine rings is 1. The van der Waals surface area contributed by atoms with Crippen molar-refractivity contribution in [3.63, 3.8) is 0 Å². The minimum absolute atomic E-state index is 0. The highest BCUT2D eigenvalue weighted by atomic mass is 35.5. The monoisotopic (exact) mass is 370 g/mol. The summed E-state index contributed by atoms with van der Waals surface area (Å²) in [4.78, 5) is 2.37. The number of rotatable bonds is 5. The zero-order chi connectivity index (χ0) is 14.5. The molecule has 1 saturated heterocycles. The molecule has 1 aromatic rings. The van der Waals surface area contributed by atoms with Gasteiger partial charge in [0.1, 0.15) is 5.82 Å². The van der Waals surface area contributed by atoms with Crippen molar-refractivity contribution in [3.8, 4) is 0 Å². The Morgan fingerprint density at radius 2 is 1.91 bits per heavy atom. The predicted octanol–water partition coefficient (Wildman–Crippen LogP) is 4.77. The molecule has 1 aromatic carbocycles. The molecular weight excluding hydrogens is 346 g/mol. The van der Waals surface area contributed by atoms with Crippen molar-refractivity contribution in [2.24, 2.45) is 0 Å². The topological polar surface area (TPSA) is 15.3 Å². The van der Waals surface area contributed by atoms with E-state index in [1.165, 1.54) is 0 Å². The SMILES string of the molecule is CCCC[C@H](c1c(Cl)ccc(C)c1F)N1CCNCC1.Cl.Cl.